The summed E-state index contributed by atoms with van der Waals surface area (Å²) in [4.78, 5) is 30.9. The Balaban J connectivity index is 1.27. The van der Waals surface area contributed by atoms with Gasteiger partial charge in [-0.15, -0.1) is 0 Å². The fourth-order valence-electron chi connectivity index (χ4n) is 5.47. The molecule has 2 saturated heterocycles. The number of carbonyl (C=O) groups excluding carboxylic acids is 1. The number of pyridine rings is 1. The highest BCUT2D eigenvalue weighted by Gasteiger charge is 2.42. The quantitative estimate of drug-likeness (QED) is 0.644. The highest BCUT2D eigenvalue weighted by atomic mass is 16.5. The molecule has 0 N–H and O–H groups in total. The van der Waals surface area contributed by atoms with Gasteiger partial charge in [0, 0.05) is 38.1 Å². The van der Waals surface area contributed by atoms with Crippen LogP contribution in [0.2, 0.25) is 0 Å². The van der Waals surface area contributed by atoms with Crippen LogP contribution in [0.15, 0.2) is 18.6 Å². The first-order valence-electron chi connectivity index (χ1n) is 12.5. The van der Waals surface area contributed by atoms with Crippen LogP contribution in [0.5, 0.6) is 11.8 Å². The summed E-state index contributed by atoms with van der Waals surface area (Å²) < 4.78 is 17.6. The Kier molecular flexibility index (Phi) is 6.53. The minimum absolute atomic E-state index is 0.0779. The summed E-state index contributed by atoms with van der Waals surface area (Å²) in [6, 6.07) is 2.10. The molecule has 2 aromatic heterocycles. The van der Waals surface area contributed by atoms with E-state index in [0.717, 1.165) is 61.3 Å². The van der Waals surface area contributed by atoms with Gasteiger partial charge in [-0.05, 0) is 39.7 Å². The van der Waals surface area contributed by atoms with E-state index in [1.54, 1.807) is 13.4 Å². The van der Waals surface area contributed by atoms with Gasteiger partial charge < -0.3 is 24.0 Å². The average molecular weight is 482 g/mol. The van der Waals surface area contributed by atoms with Crippen molar-refractivity contribution in [1.82, 2.24) is 19.9 Å². The number of likely N-dealkylation sites (tertiary alicyclic amines) is 1. The van der Waals surface area contributed by atoms with E-state index in [0.29, 0.717) is 31.4 Å². The fraction of sp³-hybridized carbons (Fsp3) is 0.615. The number of anilines is 1. The van der Waals surface area contributed by atoms with Gasteiger partial charge in [-0.1, -0.05) is 0 Å². The van der Waals surface area contributed by atoms with E-state index >= 15 is 0 Å². The number of aryl methyl sites for hydroxylation is 1. The molecule has 0 radical (unpaired) electrons. The molecule has 3 aliphatic heterocycles. The Hall–Kier alpha value is -2.94. The van der Waals surface area contributed by atoms with Crippen molar-refractivity contribution in [2.75, 3.05) is 38.3 Å². The number of fused-ring (bicyclic) bond motifs is 1. The fourth-order valence-corrected chi connectivity index (χ4v) is 5.47. The van der Waals surface area contributed by atoms with Gasteiger partial charge in [0.05, 0.1) is 54.9 Å². The third kappa shape index (κ3) is 4.78. The number of amides is 1. The molecule has 9 nitrogen and oxygen atoms in total. The average Bonchev–Trinajstić information content (AvgIpc) is 3.32. The predicted molar refractivity (Wildman–Crippen MR) is 131 cm³/mol. The van der Waals surface area contributed by atoms with Gasteiger partial charge in [0.25, 0.3) is 0 Å². The third-order valence-electron chi connectivity index (χ3n) is 7.52. The standard InChI is InChI=1S/C26H35N5O4/c1-17-12-18(13-27-23(17)33-4)30-10-8-22-20(15-30)24(29-16-28-22)35-19-7-9-31(14-19)25(32)21-6-5-11-34-26(21,2)3/h12-13,16,19,21H,5-11,14-15H2,1-4H3/t19-,21?/m0/s1. The lowest BCUT2D eigenvalue weighted by Gasteiger charge is -2.39. The van der Waals surface area contributed by atoms with Gasteiger partial charge in [0.2, 0.25) is 17.7 Å². The zero-order chi connectivity index (χ0) is 24.6. The number of methoxy groups -OCH3 is 1. The molecule has 0 aromatic carbocycles. The van der Waals surface area contributed by atoms with Crippen LogP contribution in [-0.2, 0) is 22.5 Å². The highest BCUT2D eigenvalue weighted by Crippen LogP contribution is 2.34. The summed E-state index contributed by atoms with van der Waals surface area (Å²) in [5.74, 6) is 1.34. The molecular weight excluding hydrogens is 446 g/mol. The van der Waals surface area contributed by atoms with Gasteiger partial charge >= 0.3 is 0 Å². The topological polar surface area (TPSA) is 89.9 Å². The number of nitrogens with zero attached hydrogens (tertiary/aromatic N) is 5. The number of carbonyl (C=O) groups is 1. The van der Waals surface area contributed by atoms with E-state index < -0.39 is 5.60 Å². The van der Waals surface area contributed by atoms with Gasteiger partial charge in [-0.25, -0.2) is 15.0 Å². The van der Waals surface area contributed by atoms with Crippen molar-refractivity contribution in [1.29, 1.82) is 0 Å². The second-order valence-corrected chi connectivity index (χ2v) is 10.3. The van der Waals surface area contributed by atoms with E-state index in [-0.39, 0.29) is 17.9 Å². The second kappa shape index (κ2) is 9.60. The van der Waals surface area contributed by atoms with Crippen LogP contribution >= 0.6 is 0 Å². The van der Waals surface area contributed by atoms with E-state index in [1.165, 1.54) is 0 Å². The van der Waals surface area contributed by atoms with Crippen molar-refractivity contribution in [2.24, 2.45) is 5.92 Å². The molecule has 2 fully saturated rings. The van der Waals surface area contributed by atoms with Gasteiger partial charge in [0.15, 0.2) is 0 Å². The van der Waals surface area contributed by atoms with Crippen LogP contribution in [-0.4, -0.2) is 70.8 Å². The van der Waals surface area contributed by atoms with Crippen molar-refractivity contribution in [2.45, 2.75) is 64.7 Å². The van der Waals surface area contributed by atoms with Crippen LogP contribution in [0.1, 0.15) is 49.9 Å². The molecule has 5 heterocycles. The minimum Gasteiger partial charge on any atom is -0.481 e. The lowest BCUT2D eigenvalue weighted by atomic mass is 9.83. The van der Waals surface area contributed by atoms with E-state index in [4.69, 9.17) is 14.2 Å². The molecule has 9 heteroatoms. The first-order chi connectivity index (χ1) is 16.9. The molecule has 0 spiro atoms. The molecular formula is C26H35N5O4. The maximum absolute atomic E-state index is 13.3. The maximum atomic E-state index is 13.3. The third-order valence-corrected chi connectivity index (χ3v) is 7.52. The molecule has 2 aromatic rings. The van der Waals surface area contributed by atoms with Crippen LogP contribution in [0.4, 0.5) is 5.69 Å². The van der Waals surface area contributed by atoms with Crippen LogP contribution in [0.25, 0.3) is 0 Å². The number of hydrogen-bond donors (Lipinski definition) is 0. The van der Waals surface area contributed by atoms with Crippen LogP contribution in [0, 0.1) is 12.8 Å². The molecule has 1 unspecified atom stereocenters. The molecule has 2 atom stereocenters. The van der Waals surface area contributed by atoms with E-state index in [2.05, 4.69) is 25.9 Å². The predicted octanol–water partition coefficient (Wildman–Crippen LogP) is 2.94. The zero-order valence-electron chi connectivity index (χ0n) is 21.1. The van der Waals surface area contributed by atoms with Crippen molar-refractivity contribution >= 4 is 11.6 Å². The lowest BCUT2D eigenvalue weighted by molar-refractivity contribution is -0.154. The number of aromatic nitrogens is 3. The summed E-state index contributed by atoms with van der Waals surface area (Å²) in [6.45, 7) is 9.56. The number of hydrogen-bond acceptors (Lipinski definition) is 8. The highest BCUT2D eigenvalue weighted by molar-refractivity contribution is 5.80. The van der Waals surface area contributed by atoms with Crippen molar-refractivity contribution < 1.29 is 19.0 Å². The Labute approximate surface area is 206 Å². The molecule has 35 heavy (non-hydrogen) atoms. The van der Waals surface area contributed by atoms with Crippen LogP contribution in [0.3, 0.4) is 0 Å². The summed E-state index contributed by atoms with van der Waals surface area (Å²) >= 11 is 0. The second-order valence-electron chi connectivity index (χ2n) is 10.3. The summed E-state index contributed by atoms with van der Waals surface area (Å²) in [6.07, 6.45) is 6.77. The van der Waals surface area contributed by atoms with Crippen LogP contribution < -0.4 is 14.4 Å². The summed E-state index contributed by atoms with van der Waals surface area (Å²) in [5, 5.41) is 0. The Morgan fingerprint density at radius 2 is 2.03 bits per heavy atom. The molecule has 1 amide bonds. The molecule has 188 valence electrons. The molecule has 0 saturated carbocycles. The molecule has 0 aliphatic carbocycles. The van der Waals surface area contributed by atoms with Gasteiger partial charge in [0.1, 0.15) is 12.4 Å². The first-order valence-corrected chi connectivity index (χ1v) is 12.5. The Morgan fingerprint density at radius 1 is 1.17 bits per heavy atom. The lowest BCUT2D eigenvalue weighted by Crippen LogP contribution is -2.48. The van der Waals surface area contributed by atoms with E-state index in [9.17, 15) is 4.79 Å². The molecule has 0 bridgehead atoms. The number of ether oxygens (including phenoxy) is 3. The Morgan fingerprint density at radius 3 is 2.80 bits per heavy atom. The summed E-state index contributed by atoms with van der Waals surface area (Å²) in [7, 11) is 1.63. The largest absolute Gasteiger partial charge is 0.481 e. The normalized spacial score (nSPS) is 23.7. The number of rotatable bonds is 5. The SMILES string of the molecule is COc1ncc(N2CCc3ncnc(O[C@H]4CCN(C(=O)C5CCCOC5(C)C)C4)c3C2)cc1C. The van der Waals surface area contributed by atoms with Crippen molar-refractivity contribution in [3.63, 3.8) is 0 Å². The molecule has 5 rings (SSSR count). The van der Waals surface area contributed by atoms with Crippen molar-refractivity contribution in [3.05, 3.63) is 35.4 Å². The van der Waals surface area contributed by atoms with Crippen molar-refractivity contribution in [3.8, 4) is 11.8 Å². The zero-order valence-corrected chi connectivity index (χ0v) is 21.1. The monoisotopic (exact) mass is 481 g/mol. The van der Waals surface area contributed by atoms with Gasteiger partial charge in [-0.3, -0.25) is 4.79 Å². The minimum atomic E-state index is -0.419. The summed E-state index contributed by atoms with van der Waals surface area (Å²) in [5.41, 5.74) is 3.66. The maximum Gasteiger partial charge on any atom is 0.228 e. The van der Waals surface area contributed by atoms with Gasteiger partial charge in [-0.2, -0.15) is 0 Å². The smallest absolute Gasteiger partial charge is 0.228 e. The Bertz CT molecular complexity index is 1090. The first kappa shape index (κ1) is 23.8. The molecule has 3 aliphatic rings. The van der Waals surface area contributed by atoms with E-state index in [1.807, 2.05) is 31.9 Å².